The SMILES string of the molecule is CC1CCc2c(sc3nc(C4CC4)n4c(SCC(=O)Nc5cccc(F)c5)nnc4c23)C1. The highest BCUT2D eigenvalue weighted by atomic mass is 32.2. The lowest BCUT2D eigenvalue weighted by atomic mass is 9.89. The van der Waals surface area contributed by atoms with Crippen LogP contribution in [0.1, 0.15) is 48.4 Å². The second-order valence-corrected chi connectivity index (χ2v) is 10.8. The van der Waals surface area contributed by atoms with Gasteiger partial charge >= 0.3 is 0 Å². The Labute approximate surface area is 192 Å². The Morgan fingerprint density at radius 3 is 3.00 bits per heavy atom. The zero-order chi connectivity index (χ0) is 21.8. The summed E-state index contributed by atoms with van der Waals surface area (Å²) in [5.41, 5.74) is 2.70. The Morgan fingerprint density at radius 2 is 2.19 bits per heavy atom. The summed E-state index contributed by atoms with van der Waals surface area (Å²) >= 11 is 3.16. The van der Waals surface area contributed by atoms with Crippen molar-refractivity contribution in [3.05, 3.63) is 46.3 Å². The zero-order valence-corrected chi connectivity index (χ0v) is 19.2. The molecule has 3 aromatic heterocycles. The molecule has 2 aliphatic rings. The van der Waals surface area contributed by atoms with Crippen LogP contribution in [0.25, 0.3) is 15.9 Å². The molecule has 1 fully saturated rings. The maximum absolute atomic E-state index is 13.4. The molecule has 164 valence electrons. The first kappa shape index (κ1) is 20.1. The number of hydrogen-bond donors (Lipinski definition) is 1. The van der Waals surface area contributed by atoms with Crippen molar-refractivity contribution >= 4 is 50.6 Å². The maximum Gasteiger partial charge on any atom is 0.234 e. The van der Waals surface area contributed by atoms with E-state index in [9.17, 15) is 9.18 Å². The van der Waals surface area contributed by atoms with Crippen molar-refractivity contribution in [2.24, 2.45) is 5.92 Å². The number of carbonyl (C=O) groups excluding carboxylic acids is 1. The molecule has 2 aliphatic carbocycles. The molecule has 4 aromatic rings. The predicted octanol–water partition coefficient (Wildman–Crippen LogP) is 5.21. The lowest BCUT2D eigenvalue weighted by Crippen LogP contribution is -2.14. The summed E-state index contributed by atoms with van der Waals surface area (Å²) in [5, 5.41) is 13.6. The van der Waals surface area contributed by atoms with Gasteiger partial charge in [-0.15, -0.1) is 21.5 Å². The van der Waals surface area contributed by atoms with Crippen molar-refractivity contribution < 1.29 is 9.18 Å². The molecule has 3 heterocycles. The molecule has 0 bridgehead atoms. The molecule has 0 radical (unpaired) electrons. The van der Waals surface area contributed by atoms with Crippen molar-refractivity contribution in [1.82, 2.24) is 19.6 Å². The molecule has 9 heteroatoms. The number of aromatic nitrogens is 4. The minimum absolute atomic E-state index is 0.165. The standard InChI is InChI=1S/C23H22FN5OS2/c1-12-5-8-16-17(9-12)32-22-19(16)21-27-28-23(29(21)20(26-22)13-6-7-13)31-11-18(30)25-15-4-2-3-14(24)10-15/h2-4,10,12-13H,5-9,11H2,1H3,(H,25,30). The van der Waals surface area contributed by atoms with Gasteiger partial charge in [-0.2, -0.15) is 0 Å². The van der Waals surface area contributed by atoms with Crippen molar-refractivity contribution in [3.63, 3.8) is 0 Å². The third-order valence-corrected chi connectivity index (χ3v) is 8.26. The van der Waals surface area contributed by atoms with Crippen molar-refractivity contribution in [1.29, 1.82) is 0 Å². The van der Waals surface area contributed by atoms with E-state index in [1.807, 2.05) is 11.3 Å². The van der Waals surface area contributed by atoms with Gasteiger partial charge in [0.2, 0.25) is 5.91 Å². The van der Waals surface area contributed by atoms with Crippen molar-refractivity contribution in [3.8, 4) is 0 Å². The van der Waals surface area contributed by atoms with Crippen LogP contribution in [0.4, 0.5) is 10.1 Å². The molecule has 1 atom stereocenters. The molecule has 1 saturated carbocycles. The third-order valence-electron chi connectivity index (χ3n) is 6.18. The number of halogens is 1. The molecule has 1 amide bonds. The van der Waals surface area contributed by atoms with Crippen LogP contribution in [-0.2, 0) is 17.6 Å². The summed E-state index contributed by atoms with van der Waals surface area (Å²) in [6.45, 7) is 2.31. The molecule has 1 aromatic carbocycles. The van der Waals surface area contributed by atoms with E-state index < -0.39 is 0 Å². The number of benzene rings is 1. The minimum Gasteiger partial charge on any atom is -0.325 e. The van der Waals surface area contributed by atoms with Gasteiger partial charge in [-0.1, -0.05) is 24.8 Å². The lowest BCUT2D eigenvalue weighted by molar-refractivity contribution is -0.113. The topological polar surface area (TPSA) is 72.2 Å². The molecular formula is C23H22FN5OS2. The fourth-order valence-electron chi connectivity index (χ4n) is 4.44. The first-order chi connectivity index (χ1) is 15.6. The molecule has 6 nitrogen and oxygen atoms in total. The zero-order valence-electron chi connectivity index (χ0n) is 17.6. The van der Waals surface area contributed by atoms with Gasteiger partial charge in [0, 0.05) is 16.5 Å². The first-order valence-electron chi connectivity index (χ1n) is 10.9. The third kappa shape index (κ3) is 3.57. The molecule has 0 saturated heterocycles. The minimum atomic E-state index is -0.378. The fourth-order valence-corrected chi connectivity index (χ4v) is 6.56. The Hall–Kier alpha value is -2.52. The van der Waals surface area contributed by atoms with E-state index in [-0.39, 0.29) is 17.5 Å². The molecular weight excluding hydrogens is 445 g/mol. The Balaban J connectivity index is 1.34. The monoisotopic (exact) mass is 467 g/mol. The van der Waals surface area contributed by atoms with Gasteiger partial charge in [-0.25, -0.2) is 9.37 Å². The second kappa shape index (κ2) is 7.81. The van der Waals surface area contributed by atoms with Gasteiger partial charge in [-0.3, -0.25) is 9.20 Å². The van der Waals surface area contributed by atoms with Crippen LogP contribution >= 0.6 is 23.1 Å². The van der Waals surface area contributed by atoms with E-state index >= 15 is 0 Å². The number of nitrogens with one attached hydrogen (secondary N) is 1. The smallest absolute Gasteiger partial charge is 0.234 e. The Kier molecular flexibility index (Phi) is 4.91. The summed E-state index contributed by atoms with van der Waals surface area (Å²) in [6, 6.07) is 5.90. The van der Waals surface area contributed by atoms with Gasteiger partial charge in [-0.05, 0) is 61.8 Å². The number of thiophene rings is 1. The maximum atomic E-state index is 13.4. The van der Waals surface area contributed by atoms with Crippen molar-refractivity contribution in [2.75, 3.05) is 11.1 Å². The molecule has 1 N–H and O–H groups in total. The quantitative estimate of drug-likeness (QED) is 0.408. The second-order valence-electron chi connectivity index (χ2n) is 8.76. The molecule has 32 heavy (non-hydrogen) atoms. The molecule has 6 rings (SSSR count). The predicted molar refractivity (Wildman–Crippen MR) is 125 cm³/mol. The number of aryl methyl sites for hydroxylation is 1. The number of rotatable bonds is 5. The molecule has 0 spiro atoms. The highest BCUT2D eigenvalue weighted by molar-refractivity contribution is 7.99. The van der Waals surface area contributed by atoms with Crippen LogP contribution < -0.4 is 5.32 Å². The van der Waals surface area contributed by atoms with E-state index in [0.717, 1.165) is 47.4 Å². The lowest BCUT2D eigenvalue weighted by Gasteiger charge is -2.17. The van der Waals surface area contributed by atoms with E-state index in [4.69, 9.17) is 4.98 Å². The molecule has 0 aliphatic heterocycles. The highest BCUT2D eigenvalue weighted by Crippen LogP contribution is 2.44. The summed E-state index contributed by atoms with van der Waals surface area (Å²) in [5.74, 6) is 1.72. The largest absolute Gasteiger partial charge is 0.325 e. The summed E-state index contributed by atoms with van der Waals surface area (Å²) in [6.07, 6.45) is 5.60. The number of carbonyl (C=O) groups is 1. The number of thioether (sulfide) groups is 1. The number of hydrogen-bond acceptors (Lipinski definition) is 6. The first-order valence-corrected chi connectivity index (χ1v) is 12.7. The molecule has 1 unspecified atom stereocenters. The van der Waals surface area contributed by atoms with Crippen molar-refractivity contribution in [2.45, 2.75) is 50.1 Å². The average molecular weight is 468 g/mol. The van der Waals surface area contributed by atoms with E-state index in [1.165, 1.54) is 40.8 Å². The summed E-state index contributed by atoms with van der Waals surface area (Å²) in [7, 11) is 0. The number of nitrogens with zero attached hydrogens (tertiary/aromatic N) is 4. The van der Waals surface area contributed by atoms with Gasteiger partial charge in [0.05, 0.1) is 11.1 Å². The Morgan fingerprint density at radius 1 is 1.31 bits per heavy atom. The highest BCUT2D eigenvalue weighted by Gasteiger charge is 2.32. The van der Waals surface area contributed by atoms with Gasteiger partial charge in [0.25, 0.3) is 0 Å². The summed E-state index contributed by atoms with van der Waals surface area (Å²) in [4.78, 5) is 20.0. The fraction of sp³-hybridized carbons (Fsp3) is 0.391. The van der Waals surface area contributed by atoms with Gasteiger partial charge in [0.1, 0.15) is 16.5 Å². The van der Waals surface area contributed by atoms with Crippen LogP contribution in [0, 0.1) is 11.7 Å². The normalized spacial score (nSPS) is 18.2. The van der Waals surface area contributed by atoms with E-state index in [2.05, 4.69) is 26.8 Å². The van der Waals surface area contributed by atoms with E-state index in [0.29, 0.717) is 22.7 Å². The number of anilines is 1. The number of amides is 1. The van der Waals surface area contributed by atoms with Crippen LogP contribution in [0.15, 0.2) is 29.4 Å². The summed E-state index contributed by atoms with van der Waals surface area (Å²) < 4.78 is 15.5. The van der Waals surface area contributed by atoms with Gasteiger partial charge < -0.3 is 5.32 Å². The van der Waals surface area contributed by atoms with Crippen LogP contribution in [0.2, 0.25) is 0 Å². The van der Waals surface area contributed by atoms with Gasteiger partial charge in [0.15, 0.2) is 10.8 Å². The average Bonchev–Trinajstić information content (AvgIpc) is 3.42. The van der Waals surface area contributed by atoms with E-state index in [1.54, 1.807) is 12.1 Å². The van der Waals surface area contributed by atoms with Crippen LogP contribution in [0.5, 0.6) is 0 Å². The number of fused-ring (bicyclic) bond motifs is 5. The Bertz CT molecular complexity index is 1360. The van der Waals surface area contributed by atoms with Crippen LogP contribution in [0.3, 0.4) is 0 Å². The van der Waals surface area contributed by atoms with Crippen LogP contribution in [-0.4, -0.2) is 31.2 Å².